The van der Waals surface area contributed by atoms with Crippen LogP contribution in [0, 0.1) is 0 Å². The molecule has 3 rings (SSSR count). The van der Waals surface area contributed by atoms with Crippen LogP contribution in [-0.2, 0) is 6.54 Å². The first-order chi connectivity index (χ1) is 9.31. The molecule has 0 bridgehead atoms. The second-order valence-electron chi connectivity index (χ2n) is 4.42. The Morgan fingerprint density at radius 3 is 3.00 bits per heavy atom. The summed E-state index contributed by atoms with van der Waals surface area (Å²) in [6, 6.07) is 1.72. The van der Waals surface area contributed by atoms with E-state index in [-0.39, 0.29) is 11.1 Å². The highest BCUT2D eigenvalue weighted by Gasteiger charge is 2.10. The van der Waals surface area contributed by atoms with Crippen molar-refractivity contribution in [2.75, 3.05) is 0 Å². The molecule has 3 heterocycles. The van der Waals surface area contributed by atoms with Crippen molar-refractivity contribution in [3.8, 4) is 0 Å². The van der Waals surface area contributed by atoms with Gasteiger partial charge in [-0.3, -0.25) is 9.36 Å². The molecule has 0 spiro atoms. The molecule has 19 heavy (non-hydrogen) atoms. The minimum atomic E-state index is -0.161. The van der Waals surface area contributed by atoms with Crippen LogP contribution in [-0.4, -0.2) is 29.4 Å². The van der Waals surface area contributed by atoms with Crippen LogP contribution in [0.3, 0.4) is 0 Å². The van der Waals surface area contributed by atoms with Gasteiger partial charge < -0.3 is 0 Å². The molecule has 0 N–H and O–H groups in total. The first-order valence-corrected chi connectivity index (χ1v) is 6.37. The lowest BCUT2D eigenvalue weighted by Crippen LogP contribution is -2.23. The number of nitrogens with zero attached hydrogens (tertiary/aromatic N) is 6. The lowest BCUT2D eigenvalue weighted by molar-refractivity contribution is 0.582. The number of rotatable bonds is 4. The average molecular weight is 258 g/mol. The summed E-state index contributed by atoms with van der Waals surface area (Å²) >= 11 is 0. The normalized spacial score (nSPS) is 11.4. The van der Waals surface area contributed by atoms with E-state index in [9.17, 15) is 4.79 Å². The van der Waals surface area contributed by atoms with Crippen molar-refractivity contribution < 1.29 is 0 Å². The number of aryl methyl sites for hydroxylation is 1. The zero-order valence-corrected chi connectivity index (χ0v) is 10.7. The Morgan fingerprint density at radius 2 is 2.16 bits per heavy atom. The molecule has 0 radical (unpaired) electrons. The third kappa shape index (κ3) is 1.96. The van der Waals surface area contributed by atoms with Crippen LogP contribution in [0.5, 0.6) is 0 Å². The number of aromatic nitrogens is 6. The maximum Gasteiger partial charge on any atom is 0.283 e. The summed E-state index contributed by atoms with van der Waals surface area (Å²) in [6.45, 7) is 2.79. The minimum Gasteiger partial charge on any atom is -0.297 e. The Morgan fingerprint density at radius 1 is 1.26 bits per heavy atom. The second kappa shape index (κ2) is 4.75. The first kappa shape index (κ1) is 11.8. The average Bonchev–Trinajstić information content (AvgIpc) is 2.90. The van der Waals surface area contributed by atoms with Gasteiger partial charge in [-0.2, -0.15) is 9.61 Å². The summed E-state index contributed by atoms with van der Waals surface area (Å²) < 4.78 is 3.11. The van der Waals surface area contributed by atoms with Crippen LogP contribution in [0.25, 0.3) is 16.8 Å². The van der Waals surface area contributed by atoms with Gasteiger partial charge in [0.2, 0.25) is 0 Å². The molecule has 3 aromatic rings. The molecule has 0 saturated carbocycles. The maximum absolute atomic E-state index is 12.3. The molecule has 7 nitrogen and oxygen atoms in total. The standard InChI is InChI=1S/C12H14N6O/c1-2-3-4-7-17-8-13-11-10(12(17)19)16-15-9-5-6-14-18(9)11/h5-6,8H,2-4,7H2,1H3. The first-order valence-electron chi connectivity index (χ1n) is 6.37. The number of hydrogen-bond acceptors (Lipinski definition) is 5. The van der Waals surface area contributed by atoms with E-state index in [1.807, 2.05) is 0 Å². The monoisotopic (exact) mass is 258 g/mol. The van der Waals surface area contributed by atoms with Gasteiger partial charge in [-0.25, -0.2) is 4.98 Å². The second-order valence-corrected chi connectivity index (χ2v) is 4.42. The van der Waals surface area contributed by atoms with Crippen molar-refractivity contribution in [3.05, 3.63) is 28.9 Å². The van der Waals surface area contributed by atoms with Gasteiger partial charge in [0, 0.05) is 12.6 Å². The molecular formula is C12H14N6O. The molecule has 0 fully saturated rings. The largest absolute Gasteiger partial charge is 0.297 e. The Hall–Kier alpha value is -2.31. The summed E-state index contributed by atoms with van der Waals surface area (Å²) in [5.74, 6) is 0. The molecule has 0 saturated heterocycles. The van der Waals surface area contributed by atoms with Gasteiger partial charge in [-0.05, 0) is 6.42 Å². The highest BCUT2D eigenvalue weighted by molar-refractivity contribution is 5.70. The van der Waals surface area contributed by atoms with E-state index in [0.29, 0.717) is 17.8 Å². The zero-order chi connectivity index (χ0) is 13.2. The molecule has 0 atom stereocenters. The lowest BCUT2D eigenvalue weighted by Gasteiger charge is -2.05. The quantitative estimate of drug-likeness (QED) is 0.653. The molecule has 0 aliphatic carbocycles. The fourth-order valence-corrected chi connectivity index (χ4v) is 2.04. The number of fused-ring (bicyclic) bond motifs is 3. The van der Waals surface area contributed by atoms with Gasteiger partial charge in [0.25, 0.3) is 5.56 Å². The lowest BCUT2D eigenvalue weighted by atomic mass is 10.2. The van der Waals surface area contributed by atoms with Crippen molar-refractivity contribution in [2.24, 2.45) is 0 Å². The van der Waals surface area contributed by atoms with Gasteiger partial charge in [0.1, 0.15) is 6.33 Å². The summed E-state index contributed by atoms with van der Waals surface area (Å²) in [7, 11) is 0. The van der Waals surface area contributed by atoms with Gasteiger partial charge in [0.15, 0.2) is 16.8 Å². The van der Waals surface area contributed by atoms with E-state index in [4.69, 9.17) is 0 Å². The highest BCUT2D eigenvalue weighted by Crippen LogP contribution is 2.05. The van der Waals surface area contributed by atoms with Crippen molar-refractivity contribution in [1.82, 2.24) is 29.4 Å². The summed E-state index contributed by atoms with van der Waals surface area (Å²) in [6.07, 6.45) is 6.33. The third-order valence-electron chi connectivity index (χ3n) is 3.07. The van der Waals surface area contributed by atoms with Gasteiger partial charge in [-0.1, -0.05) is 19.8 Å². The van der Waals surface area contributed by atoms with Gasteiger partial charge in [0.05, 0.1) is 6.20 Å². The zero-order valence-electron chi connectivity index (χ0n) is 10.7. The molecule has 0 aliphatic heterocycles. The predicted octanol–water partition coefficient (Wildman–Crippen LogP) is 1.02. The maximum atomic E-state index is 12.3. The van der Waals surface area contributed by atoms with Crippen LogP contribution in [0.4, 0.5) is 0 Å². The van der Waals surface area contributed by atoms with Crippen LogP contribution in [0.15, 0.2) is 23.4 Å². The molecular weight excluding hydrogens is 244 g/mol. The van der Waals surface area contributed by atoms with Gasteiger partial charge in [-0.15, -0.1) is 10.2 Å². The Bertz CT molecular complexity index is 775. The van der Waals surface area contributed by atoms with Gasteiger partial charge >= 0.3 is 0 Å². The van der Waals surface area contributed by atoms with E-state index in [2.05, 4.69) is 27.2 Å². The highest BCUT2D eigenvalue weighted by atomic mass is 16.1. The van der Waals surface area contributed by atoms with Crippen LogP contribution < -0.4 is 5.56 Å². The Kier molecular flexibility index (Phi) is 2.94. The van der Waals surface area contributed by atoms with E-state index in [0.717, 1.165) is 19.3 Å². The Labute approximate surface area is 108 Å². The summed E-state index contributed by atoms with van der Waals surface area (Å²) in [5.41, 5.74) is 1.14. The number of unbranched alkanes of at least 4 members (excludes halogenated alkanes) is 2. The van der Waals surface area contributed by atoms with E-state index < -0.39 is 0 Å². The molecule has 0 aromatic carbocycles. The third-order valence-corrected chi connectivity index (χ3v) is 3.07. The molecule has 7 heteroatoms. The van der Waals surface area contributed by atoms with Crippen molar-refractivity contribution in [1.29, 1.82) is 0 Å². The summed E-state index contributed by atoms with van der Waals surface area (Å²) in [4.78, 5) is 16.5. The van der Waals surface area contributed by atoms with E-state index >= 15 is 0 Å². The van der Waals surface area contributed by atoms with Crippen LogP contribution in [0.1, 0.15) is 26.2 Å². The SMILES string of the molecule is CCCCCn1cnc2c(nnc3ccnn32)c1=O. The molecule has 98 valence electrons. The smallest absolute Gasteiger partial charge is 0.283 e. The fourth-order valence-electron chi connectivity index (χ4n) is 2.04. The van der Waals surface area contributed by atoms with E-state index in [1.165, 1.54) is 4.52 Å². The van der Waals surface area contributed by atoms with Crippen LogP contribution >= 0.6 is 0 Å². The Balaban J connectivity index is 2.11. The van der Waals surface area contributed by atoms with Crippen LogP contribution in [0.2, 0.25) is 0 Å². The molecule has 0 unspecified atom stereocenters. The molecule has 0 amide bonds. The van der Waals surface area contributed by atoms with Crippen molar-refractivity contribution in [3.63, 3.8) is 0 Å². The molecule has 3 aromatic heterocycles. The predicted molar refractivity (Wildman–Crippen MR) is 69.9 cm³/mol. The summed E-state index contributed by atoms with van der Waals surface area (Å²) in [5, 5.41) is 12.0. The van der Waals surface area contributed by atoms with Crippen molar-refractivity contribution in [2.45, 2.75) is 32.7 Å². The topological polar surface area (TPSA) is 78.0 Å². The van der Waals surface area contributed by atoms with Crippen molar-refractivity contribution >= 4 is 16.8 Å². The van der Waals surface area contributed by atoms with E-state index in [1.54, 1.807) is 23.2 Å². The molecule has 0 aliphatic rings. The fraction of sp³-hybridized carbons (Fsp3) is 0.417. The number of hydrogen-bond donors (Lipinski definition) is 0. The minimum absolute atomic E-state index is 0.161.